The Morgan fingerprint density at radius 2 is 2.00 bits per heavy atom. The van der Waals surface area contributed by atoms with Crippen molar-refractivity contribution in [1.82, 2.24) is 4.31 Å². The number of carboxylic acid groups (broad SMARTS) is 1. The maximum absolute atomic E-state index is 12.4. The SMILES string of the molecule is CCCCN(CC)S(=O)(=O)c1cccc(C(=O)O)c1. The summed E-state index contributed by atoms with van der Waals surface area (Å²) < 4.78 is 26.1. The molecule has 0 bridgehead atoms. The van der Waals surface area contributed by atoms with E-state index in [9.17, 15) is 13.2 Å². The van der Waals surface area contributed by atoms with Crippen molar-refractivity contribution < 1.29 is 18.3 Å². The first-order valence-corrected chi connectivity index (χ1v) is 7.71. The summed E-state index contributed by atoms with van der Waals surface area (Å²) in [5, 5.41) is 8.90. The van der Waals surface area contributed by atoms with Gasteiger partial charge in [-0.25, -0.2) is 13.2 Å². The molecular formula is C13H19NO4S. The standard InChI is InChI=1S/C13H19NO4S/c1-3-5-9-14(4-2)19(17,18)12-8-6-7-11(10-12)13(15)16/h6-8,10H,3-5,9H2,1-2H3,(H,15,16). The number of unbranched alkanes of at least 4 members (excludes halogenated alkanes) is 1. The summed E-state index contributed by atoms with van der Waals surface area (Å²) in [6.07, 6.45) is 1.69. The van der Waals surface area contributed by atoms with Crippen LogP contribution in [0.4, 0.5) is 0 Å². The molecule has 0 spiro atoms. The molecule has 0 saturated heterocycles. The molecule has 0 atom stereocenters. The topological polar surface area (TPSA) is 74.7 Å². The van der Waals surface area contributed by atoms with Crippen LogP contribution >= 0.6 is 0 Å². The Morgan fingerprint density at radius 3 is 2.53 bits per heavy atom. The number of rotatable bonds is 7. The molecule has 0 aliphatic carbocycles. The Bertz CT molecular complexity index is 539. The van der Waals surface area contributed by atoms with Crippen molar-refractivity contribution in [3.8, 4) is 0 Å². The summed E-state index contributed by atoms with van der Waals surface area (Å²) in [6.45, 7) is 4.59. The van der Waals surface area contributed by atoms with Crippen LogP contribution in [0.2, 0.25) is 0 Å². The summed E-state index contributed by atoms with van der Waals surface area (Å²) >= 11 is 0. The highest BCUT2D eigenvalue weighted by atomic mass is 32.2. The second kappa shape index (κ2) is 6.68. The lowest BCUT2D eigenvalue weighted by atomic mass is 10.2. The predicted octanol–water partition coefficient (Wildman–Crippen LogP) is 2.20. The van der Waals surface area contributed by atoms with E-state index >= 15 is 0 Å². The van der Waals surface area contributed by atoms with E-state index in [2.05, 4.69) is 0 Å². The highest BCUT2D eigenvalue weighted by Gasteiger charge is 2.23. The maximum atomic E-state index is 12.4. The van der Waals surface area contributed by atoms with E-state index in [0.717, 1.165) is 12.8 Å². The second-order valence-corrected chi connectivity index (χ2v) is 6.12. The van der Waals surface area contributed by atoms with E-state index in [0.29, 0.717) is 13.1 Å². The normalized spacial score (nSPS) is 11.7. The average molecular weight is 285 g/mol. The van der Waals surface area contributed by atoms with Crippen LogP contribution in [-0.2, 0) is 10.0 Å². The Balaban J connectivity index is 3.11. The van der Waals surface area contributed by atoms with E-state index in [1.165, 1.54) is 28.6 Å². The van der Waals surface area contributed by atoms with Crippen LogP contribution in [0.1, 0.15) is 37.0 Å². The monoisotopic (exact) mass is 285 g/mol. The third-order valence-electron chi connectivity index (χ3n) is 2.83. The van der Waals surface area contributed by atoms with Crippen molar-refractivity contribution in [3.63, 3.8) is 0 Å². The smallest absolute Gasteiger partial charge is 0.335 e. The maximum Gasteiger partial charge on any atom is 0.335 e. The van der Waals surface area contributed by atoms with E-state index in [4.69, 9.17) is 5.11 Å². The first-order chi connectivity index (χ1) is 8.93. The fourth-order valence-electron chi connectivity index (χ4n) is 1.72. The number of nitrogens with zero attached hydrogens (tertiary/aromatic N) is 1. The van der Waals surface area contributed by atoms with Gasteiger partial charge in [0.25, 0.3) is 0 Å². The van der Waals surface area contributed by atoms with Gasteiger partial charge in [0.1, 0.15) is 0 Å². The number of hydrogen-bond donors (Lipinski definition) is 1. The fraction of sp³-hybridized carbons (Fsp3) is 0.462. The van der Waals surface area contributed by atoms with E-state index < -0.39 is 16.0 Å². The molecule has 1 aromatic rings. The lowest BCUT2D eigenvalue weighted by molar-refractivity contribution is 0.0696. The van der Waals surface area contributed by atoms with Gasteiger partial charge in [0.2, 0.25) is 10.0 Å². The van der Waals surface area contributed by atoms with E-state index in [1.54, 1.807) is 6.92 Å². The molecule has 0 aliphatic rings. The molecule has 1 rings (SSSR count). The molecule has 0 unspecified atom stereocenters. The first-order valence-electron chi connectivity index (χ1n) is 6.27. The van der Waals surface area contributed by atoms with Crippen LogP contribution in [0.15, 0.2) is 29.2 Å². The van der Waals surface area contributed by atoms with Gasteiger partial charge in [-0.2, -0.15) is 4.31 Å². The van der Waals surface area contributed by atoms with Gasteiger partial charge in [-0.3, -0.25) is 0 Å². The molecule has 0 aliphatic heterocycles. The third kappa shape index (κ3) is 3.78. The number of sulfonamides is 1. The minimum Gasteiger partial charge on any atom is -0.478 e. The van der Waals surface area contributed by atoms with Gasteiger partial charge in [0, 0.05) is 13.1 Å². The predicted molar refractivity (Wildman–Crippen MR) is 72.7 cm³/mol. The molecule has 6 heteroatoms. The minimum atomic E-state index is -3.61. The molecule has 0 heterocycles. The quantitative estimate of drug-likeness (QED) is 0.833. The van der Waals surface area contributed by atoms with Crippen LogP contribution in [0, 0.1) is 0 Å². The number of hydrogen-bond acceptors (Lipinski definition) is 3. The molecule has 0 saturated carbocycles. The van der Waals surface area contributed by atoms with Crippen molar-refractivity contribution in [2.75, 3.05) is 13.1 Å². The van der Waals surface area contributed by atoms with Gasteiger partial charge >= 0.3 is 5.97 Å². The van der Waals surface area contributed by atoms with Gasteiger partial charge in [-0.15, -0.1) is 0 Å². The van der Waals surface area contributed by atoms with Crippen molar-refractivity contribution in [2.45, 2.75) is 31.6 Å². The zero-order chi connectivity index (χ0) is 14.5. The van der Waals surface area contributed by atoms with Crippen molar-refractivity contribution >= 4 is 16.0 Å². The summed E-state index contributed by atoms with van der Waals surface area (Å²) in [6, 6.07) is 5.45. The molecule has 5 nitrogen and oxygen atoms in total. The van der Waals surface area contributed by atoms with Crippen LogP contribution in [-0.4, -0.2) is 36.9 Å². The Labute approximate surface area is 113 Å². The molecule has 1 aromatic carbocycles. The minimum absolute atomic E-state index is 0.0207. The van der Waals surface area contributed by atoms with Crippen LogP contribution in [0.25, 0.3) is 0 Å². The molecule has 1 N–H and O–H groups in total. The number of aromatic carboxylic acids is 1. The molecule has 19 heavy (non-hydrogen) atoms. The lowest BCUT2D eigenvalue weighted by Gasteiger charge is -2.20. The molecule has 0 amide bonds. The first kappa shape index (κ1) is 15.7. The summed E-state index contributed by atoms with van der Waals surface area (Å²) in [7, 11) is -3.61. The van der Waals surface area contributed by atoms with Crippen LogP contribution in [0.3, 0.4) is 0 Å². The second-order valence-electron chi connectivity index (χ2n) is 4.18. The summed E-state index contributed by atoms with van der Waals surface area (Å²) in [4.78, 5) is 10.9. The third-order valence-corrected chi connectivity index (χ3v) is 4.80. The lowest BCUT2D eigenvalue weighted by Crippen LogP contribution is -2.31. The Hall–Kier alpha value is -1.40. The van der Waals surface area contributed by atoms with E-state index in [1.807, 2.05) is 6.92 Å². The van der Waals surface area contributed by atoms with Crippen LogP contribution < -0.4 is 0 Å². The van der Waals surface area contributed by atoms with Gasteiger partial charge < -0.3 is 5.11 Å². The van der Waals surface area contributed by atoms with Gasteiger partial charge in [-0.05, 0) is 24.6 Å². The van der Waals surface area contributed by atoms with Gasteiger partial charge in [-0.1, -0.05) is 26.3 Å². The summed E-state index contributed by atoms with van der Waals surface area (Å²) in [5.74, 6) is -1.13. The molecule has 106 valence electrons. The number of carboxylic acids is 1. The highest BCUT2D eigenvalue weighted by molar-refractivity contribution is 7.89. The Morgan fingerprint density at radius 1 is 1.32 bits per heavy atom. The van der Waals surface area contributed by atoms with Gasteiger partial charge in [0.15, 0.2) is 0 Å². The molecule has 0 aromatic heterocycles. The summed E-state index contributed by atoms with van der Waals surface area (Å²) in [5.41, 5.74) is -0.0207. The molecule has 0 fully saturated rings. The zero-order valence-electron chi connectivity index (χ0n) is 11.2. The average Bonchev–Trinajstić information content (AvgIpc) is 2.39. The van der Waals surface area contributed by atoms with Crippen molar-refractivity contribution in [1.29, 1.82) is 0 Å². The Kier molecular flexibility index (Phi) is 5.50. The largest absolute Gasteiger partial charge is 0.478 e. The van der Waals surface area contributed by atoms with Crippen molar-refractivity contribution in [2.24, 2.45) is 0 Å². The molecule has 0 radical (unpaired) electrons. The fourth-order valence-corrected chi connectivity index (χ4v) is 3.26. The van der Waals surface area contributed by atoms with Crippen molar-refractivity contribution in [3.05, 3.63) is 29.8 Å². The molecular weight excluding hydrogens is 266 g/mol. The van der Waals surface area contributed by atoms with E-state index in [-0.39, 0.29) is 10.5 Å². The highest BCUT2D eigenvalue weighted by Crippen LogP contribution is 2.17. The van der Waals surface area contributed by atoms with Gasteiger partial charge in [0.05, 0.1) is 10.5 Å². The number of carbonyl (C=O) groups is 1. The number of benzene rings is 1. The van der Waals surface area contributed by atoms with Crippen LogP contribution in [0.5, 0.6) is 0 Å². The zero-order valence-corrected chi connectivity index (χ0v) is 12.0.